The maximum absolute atomic E-state index is 11.2. The van der Waals surface area contributed by atoms with Crippen LogP contribution in [-0.4, -0.2) is 37.9 Å². The van der Waals surface area contributed by atoms with Crippen LogP contribution >= 0.6 is 0 Å². The molecule has 0 spiro atoms. The molecule has 3 nitrogen and oxygen atoms in total. The summed E-state index contributed by atoms with van der Waals surface area (Å²) >= 11 is 0. The lowest BCUT2D eigenvalue weighted by atomic mass is 9.47. The first-order chi connectivity index (χ1) is 21.3. The highest BCUT2D eigenvalue weighted by molar-refractivity contribution is 5.81. The summed E-state index contributed by atoms with van der Waals surface area (Å²) in [4.78, 5) is 6.43. The predicted molar refractivity (Wildman–Crippen MR) is 175 cm³/mol. The van der Waals surface area contributed by atoms with Crippen LogP contribution in [0.1, 0.15) is 154 Å². The monoisotopic (exact) mass is 595 g/mol. The summed E-state index contributed by atoms with van der Waals surface area (Å²) in [6.45, 7) is 0. The average molecular weight is 596 g/mol. The van der Waals surface area contributed by atoms with Gasteiger partial charge in [0.25, 0.3) is 0 Å². The summed E-state index contributed by atoms with van der Waals surface area (Å²) in [6, 6.07) is 0. The lowest BCUT2D eigenvalue weighted by Crippen LogP contribution is -2.79. The van der Waals surface area contributed by atoms with Gasteiger partial charge in [-0.1, -0.05) is 0 Å². The fourth-order valence-corrected chi connectivity index (χ4v) is 19.4. The lowest BCUT2D eigenvalue weighted by Gasteiger charge is -2.74. The number of guanidine groups is 1. The first-order valence-electron chi connectivity index (χ1n) is 20.5. The Balaban J connectivity index is 1.04. The second-order valence-electron chi connectivity index (χ2n) is 21.6. The smallest absolute Gasteiger partial charge is 0.195 e. The van der Waals surface area contributed by atoms with Crippen molar-refractivity contribution < 1.29 is 0 Å². The number of hydrogen-bond donors (Lipinski definition) is 1. The molecule has 0 aromatic heterocycles. The van der Waals surface area contributed by atoms with E-state index in [0.717, 1.165) is 71.0 Å². The Morgan fingerprint density at radius 3 is 0.568 bits per heavy atom. The van der Waals surface area contributed by atoms with Crippen molar-refractivity contribution in [2.45, 2.75) is 176 Å². The summed E-state index contributed by atoms with van der Waals surface area (Å²) in [7, 11) is 0. The quantitative estimate of drug-likeness (QED) is 0.259. The minimum absolute atomic E-state index is 0.320. The topological polar surface area (TPSA) is 30.3 Å². The third kappa shape index (κ3) is 3.45. The molecular weight excluding hydrogens is 534 g/mol. The standard InChI is InChI=1S/C41H61N3/c42-37(43(38-13-25-1-26(14-38)3-27(2-25)15-38)39-16-28-4-29(17-39)6-30(5-28)18-39)44(40-19-31-7-32(20-40)9-33(8-31)21-40)41-22-34-10-35(23-41)12-36(11-34)24-41/h25-36,42H,1-24H2. The number of rotatable bonds is 4. The first-order valence-corrected chi connectivity index (χ1v) is 20.5. The third-order valence-electron chi connectivity index (χ3n) is 18.3. The molecule has 16 saturated carbocycles. The Morgan fingerprint density at radius 1 is 0.295 bits per heavy atom. The Labute approximate surface area is 267 Å². The summed E-state index contributed by atoms with van der Waals surface area (Å²) < 4.78 is 0. The van der Waals surface area contributed by atoms with E-state index in [9.17, 15) is 5.41 Å². The molecule has 0 aromatic rings. The summed E-state index contributed by atoms with van der Waals surface area (Å²) in [5.74, 6) is 12.8. The second kappa shape index (κ2) is 8.46. The highest BCUT2D eigenvalue weighted by atomic mass is 15.5. The molecule has 0 aromatic carbocycles. The predicted octanol–water partition coefficient (Wildman–Crippen LogP) is 9.40. The van der Waals surface area contributed by atoms with Crippen LogP contribution in [-0.2, 0) is 0 Å². The Kier molecular flexibility index (Phi) is 5.04. The molecule has 44 heavy (non-hydrogen) atoms. The molecule has 1 N–H and O–H groups in total. The largest absolute Gasteiger partial charge is 0.332 e. The van der Waals surface area contributed by atoms with E-state index < -0.39 is 0 Å². The Morgan fingerprint density at radius 2 is 0.432 bits per heavy atom. The Bertz CT molecular complexity index is 937. The summed E-state index contributed by atoms with van der Waals surface area (Å²) in [5.41, 5.74) is 1.28. The normalized spacial score (nSPS) is 61.3. The molecule has 3 heteroatoms. The van der Waals surface area contributed by atoms with E-state index in [1.165, 1.54) is 160 Å². The van der Waals surface area contributed by atoms with E-state index in [0.29, 0.717) is 22.2 Å². The molecule has 0 atom stereocenters. The van der Waals surface area contributed by atoms with E-state index >= 15 is 0 Å². The van der Waals surface area contributed by atoms with Crippen molar-refractivity contribution in [3.05, 3.63) is 0 Å². The molecule has 16 aliphatic rings. The van der Waals surface area contributed by atoms with Crippen molar-refractivity contribution in [2.24, 2.45) is 71.0 Å². The van der Waals surface area contributed by atoms with Gasteiger partial charge < -0.3 is 9.80 Å². The molecule has 16 bridgehead atoms. The van der Waals surface area contributed by atoms with Crippen molar-refractivity contribution in [1.29, 1.82) is 5.41 Å². The Hall–Kier alpha value is -0.730. The van der Waals surface area contributed by atoms with Crippen LogP contribution in [0.25, 0.3) is 0 Å². The maximum Gasteiger partial charge on any atom is 0.195 e. The van der Waals surface area contributed by atoms with Gasteiger partial charge in [0.05, 0.1) is 0 Å². The van der Waals surface area contributed by atoms with Crippen molar-refractivity contribution in [2.75, 3.05) is 0 Å². The zero-order chi connectivity index (χ0) is 28.6. The van der Waals surface area contributed by atoms with Crippen LogP contribution in [0.3, 0.4) is 0 Å². The van der Waals surface area contributed by atoms with Gasteiger partial charge in [-0.05, 0) is 225 Å². The minimum Gasteiger partial charge on any atom is -0.332 e. The molecule has 0 unspecified atom stereocenters. The average Bonchev–Trinajstić information content (AvgIpc) is 2.89. The molecule has 0 amide bonds. The van der Waals surface area contributed by atoms with E-state index in [1.54, 1.807) is 0 Å². The first kappa shape index (κ1) is 26.3. The summed E-state index contributed by atoms with van der Waals surface area (Å²) in [5, 5.41) is 11.2. The molecule has 240 valence electrons. The SMILES string of the molecule is N=C(N(C12CC3CC(CC(C3)C1)C2)C12CC3CC(CC(C3)C1)C2)N(C12CC3CC(CC(C3)C1)C2)C12CC3CC(CC(C3)C1)C2. The van der Waals surface area contributed by atoms with Crippen molar-refractivity contribution in [3.63, 3.8) is 0 Å². The molecule has 0 saturated heterocycles. The van der Waals surface area contributed by atoms with Gasteiger partial charge in [-0.2, -0.15) is 0 Å². The number of hydrogen-bond acceptors (Lipinski definition) is 1. The van der Waals surface area contributed by atoms with Crippen molar-refractivity contribution >= 4 is 5.96 Å². The molecule has 0 aliphatic heterocycles. The van der Waals surface area contributed by atoms with E-state index in [4.69, 9.17) is 0 Å². The molecule has 16 rings (SSSR count). The number of nitrogens with one attached hydrogen (secondary N) is 1. The molecule has 16 aliphatic carbocycles. The van der Waals surface area contributed by atoms with Crippen LogP contribution < -0.4 is 0 Å². The molecule has 16 fully saturated rings. The maximum atomic E-state index is 11.2. The van der Waals surface area contributed by atoms with Gasteiger partial charge in [-0.25, -0.2) is 0 Å². The van der Waals surface area contributed by atoms with Crippen LogP contribution in [0, 0.1) is 76.4 Å². The van der Waals surface area contributed by atoms with E-state index in [2.05, 4.69) is 9.80 Å². The highest BCUT2D eigenvalue weighted by Gasteiger charge is 2.68. The molecular formula is C41H61N3. The second-order valence-corrected chi connectivity index (χ2v) is 21.6. The number of nitrogens with zero attached hydrogens (tertiary/aromatic N) is 2. The van der Waals surface area contributed by atoms with Gasteiger partial charge in [0.1, 0.15) is 0 Å². The van der Waals surface area contributed by atoms with Crippen LogP contribution in [0.2, 0.25) is 0 Å². The van der Waals surface area contributed by atoms with Gasteiger partial charge in [0.15, 0.2) is 5.96 Å². The van der Waals surface area contributed by atoms with Crippen molar-refractivity contribution in [3.8, 4) is 0 Å². The molecule has 0 heterocycles. The highest BCUT2D eigenvalue weighted by Crippen LogP contribution is 2.68. The zero-order valence-corrected chi connectivity index (χ0v) is 27.8. The van der Waals surface area contributed by atoms with Crippen LogP contribution in [0.15, 0.2) is 0 Å². The zero-order valence-electron chi connectivity index (χ0n) is 27.8. The molecule has 0 radical (unpaired) electrons. The van der Waals surface area contributed by atoms with Gasteiger partial charge >= 0.3 is 0 Å². The van der Waals surface area contributed by atoms with E-state index in [1.807, 2.05) is 0 Å². The van der Waals surface area contributed by atoms with Gasteiger partial charge in [0, 0.05) is 22.2 Å². The fraction of sp³-hybridized carbons (Fsp3) is 0.976. The van der Waals surface area contributed by atoms with Gasteiger partial charge in [-0.15, -0.1) is 0 Å². The third-order valence-corrected chi connectivity index (χ3v) is 18.3. The fourth-order valence-electron chi connectivity index (χ4n) is 19.4. The van der Waals surface area contributed by atoms with Crippen molar-refractivity contribution in [1.82, 2.24) is 9.80 Å². The summed E-state index contributed by atoms with van der Waals surface area (Å²) in [6.07, 6.45) is 35.9. The lowest BCUT2D eigenvalue weighted by molar-refractivity contribution is -0.178. The van der Waals surface area contributed by atoms with Gasteiger partial charge in [0.2, 0.25) is 0 Å². The van der Waals surface area contributed by atoms with Gasteiger partial charge in [-0.3, -0.25) is 5.41 Å². The van der Waals surface area contributed by atoms with Crippen LogP contribution in [0.5, 0.6) is 0 Å². The van der Waals surface area contributed by atoms with E-state index in [-0.39, 0.29) is 0 Å². The van der Waals surface area contributed by atoms with Crippen LogP contribution in [0.4, 0.5) is 0 Å². The minimum atomic E-state index is 0.320.